The van der Waals surface area contributed by atoms with Crippen LogP contribution >= 0.6 is 0 Å². The quantitative estimate of drug-likeness (QED) is 0.599. The van der Waals surface area contributed by atoms with E-state index in [1.807, 2.05) is 0 Å². The molecule has 0 aromatic heterocycles. The highest BCUT2D eigenvalue weighted by molar-refractivity contribution is 5.96. The maximum atomic E-state index is 11.9. The maximum Gasteiger partial charge on any atom is 0.327 e. The van der Waals surface area contributed by atoms with Crippen molar-refractivity contribution in [2.75, 3.05) is 6.61 Å². The topological polar surface area (TPSA) is 119 Å². The van der Waals surface area contributed by atoms with Gasteiger partial charge in [-0.1, -0.05) is 0 Å². The average Bonchev–Trinajstić information content (AvgIpc) is 2.45. The zero-order valence-corrected chi connectivity index (χ0v) is 11.0. The van der Waals surface area contributed by atoms with Crippen molar-refractivity contribution in [1.82, 2.24) is 5.32 Å². The van der Waals surface area contributed by atoms with Gasteiger partial charge in [-0.15, -0.1) is 12.3 Å². The fraction of sp³-hybridized carbons (Fsp3) is 0.214. The van der Waals surface area contributed by atoms with Gasteiger partial charge in [-0.25, -0.2) is 4.79 Å². The van der Waals surface area contributed by atoms with Crippen LogP contribution in [0.25, 0.3) is 0 Å². The summed E-state index contributed by atoms with van der Waals surface area (Å²) in [6.07, 6.45) is 4.93. The van der Waals surface area contributed by atoms with Crippen molar-refractivity contribution in [1.29, 1.82) is 0 Å². The number of hydrogen-bond acceptors (Lipinski definition) is 4. The number of primary amides is 1. The third-order valence-corrected chi connectivity index (χ3v) is 2.42. The number of carbonyl (C=O) groups excluding carboxylic acids is 2. The van der Waals surface area contributed by atoms with E-state index in [0.717, 1.165) is 0 Å². The molecule has 7 heteroatoms. The Hall–Kier alpha value is -3.01. The number of benzene rings is 1. The van der Waals surface area contributed by atoms with E-state index in [0.29, 0.717) is 5.75 Å². The SMILES string of the molecule is C#CCC(NC(=O)c1ccc(OCC(N)=O)cc1)C(=O)O. The first-order valence-corrected chi connectivity index (χ1v) is 5.92. The van der Waals surface area contributed by atoms with Gasteiger partial charge in [0.05, 0.1) is 0 Å². The summed E-state index contributed by atoms with van der Waals surface area (Å²) >= 11 is 0. The molecule has 0 radical (unpaired) electrons. The van der Waals surface area contributed by atoms with Gasteiger partial charge in [0.25, 0.3) is 11.8 Å². The monoisotopic (exact) mass is 290 g/mol. The molecule has 0 saturated heterocycles. The van der Waals surface area contributed by atoms with Crippen molar-refractivity contribution in [2.24, 2.45) is 5.73 Å². The van der Waals surface area contributed by atoms with Crippen LogP contribution < -0.4 is 15.8 Å². The number of ether oxygens (including phenoxy) is 1. The van der Waals surface area contributed by atoms with Crippen molar-refractivity contribution < 1.29 is 24.2 Å². The first kappa shape index (κ1) is 16.0. The third-order valence-electron chi connectivity index (χ3n) is 2.42. The molecule has 0 aliphatic rings. The summed E-state index contributed by atoms with van der Waals surface area (Å²) in [6.45, 7) is -0.269. The third kappa shape index (κ3) is 5.24. The number of rotatable bonds is 7. The number of hydrogen-bond donors (Lipinski definition) is 3. The molecule has 110 valence electrons. The second-order valence-corrected chi connectivity index (χ2v) is 4.05. The van der Waals surface area contributed by atoms with E-state index in [-0.39, 0.29) is 18.6 Å². The van der Waals surface area contributed by atoms with Gasteiger partial charge in [-0.2, -0.15) is 0 Å². The van der Waals surface area contributed by atoms with Crippen LogP contribution in [-0.4, -0.2) is 35.5 Å². The lowest BCUT2D eigenvalue weighted by Crippen LogP contribution is -2.40. The van der Waals surface area contributed by atoms with Crippen LogP contribution in [0.2, 0.25) is 0 Å². The average molecular weight is 290 g/mol. The van der Waals surface area contributed by atoms with E-state index in [2.05, 4.69) is 11.2 Å². The minimum absolute atomic E-state index is 0.110. The first-order valence-electron chi connectivity index (χ1n) is 5.92. The molecule has 0 spiro atoms. The summed E-state index contributed by atoms with van der Waals surface area (Å²) < 4.78 is 5.03. The molecule has 0 aliphatic heterocycles. The smallest absolute Gasteiger partial charge is 0.327 e. The molecular formula is C14H14N2O5. The van der Waals surface area contributed by atoms with Gasteiger partial charge in [-0.05, 0) is 24.3 Å². The Balaban J connectivity index is 2.68. The van der Waals surface area contributed by atoms with Crippen LogP contribution in [0.1, 0.15) is 16.8 Å². The lowest BCUT2D eigenvalue weighted by atomic mass is 10.1. The molecule has 1 aromatic carbocycles. The normalized spacial score (nSPS) is 11.0. The fourth-order valence-corrected chi connectivity index (χ4v) is 1.42. The summed E-state index contributed by atoms with van der Waals surface area (Å²) in [6, 6.07) is 4.65. The summed E-state index contributed by atoms with van der Waals surface area (Å²) in [5.41, 5.74) is 5.17. The van der Waals surface area contributed by atoms with Gasteiger partial charge in [0, 0.05) is 12.0 Å². The molecule has 0 bridgehead atoms. The lowest BCUT2D eigenvalue weighted by Gasteiger charge is -2.12. The number of nitrogens with one attached hydrogen (secondary N) is 1. The van der Waals surface area contributed by atoms with Crippen LogP contribution in [0, 0.1) is 12.3 Å². The zero-order chi connectivity index (χ0) is 15.8. The standard InChI is InChI=1S/C14H14N2O5/c1-2-3-11(14(19)20)16-13(18)9-4-6-10(7-5-9)21-8-12(15)17/h1,4-7,11H,3,8H2,(H2,15,17)(H,16,18)(H,19,20). The Kier molecular flexibility index (Phi) is 5.77. The van der Waals surface area contributed by atoms with Gasteiger partial charge in [0.15, 0.2) is 6.61 Å². The lowest BCUT2D eigenvalue weighted by molar-refractivity contribution is -0.139. The van der Waals surface area contributed by atoms with Gasteiger partial charge in [0.2, 0.25) is 0 Å². The molecule has 0 saturated carbocycles. The van der Waals surface area contributed by atoms with Crippen LogP contribution in [0.3, 0.4) is 0 Å². The molecule has 4 N–H and O–H groups in total. The van der Waals surface area contributed by atoms with Gasteiger partial charge in [0.1, 0.15) is 11.8 Å². The Bertz CT molecular complexity index is 574. The minimum Gasteiger partial charge on any atom is -0.484 e. The van der Waals surface area contributed by atoms with Crippen molar-refractivity contribution in [3.05, 3.63) is 29.8 Å². The number of nitrogens with two attached hydrogens (primary N) is 1. The van der Waals surface area contributed by atoms with Gasteiger partial charge >= 0.3 is 5.97 Å². The summed E-state index contributed by atoms with van der Waals surface area (Å²) in [4.78, 5) is 33.3. The molecule has 0 fully saturated rings. The summed E-state index contributed by atoms with van der Waals surface area (Å²) in [5.74, 6) is 0.156. The minimum atomic E-state index is -1.21. The fourth-order valence-electron chi connectivity index (χ4n) is 1.42. The van der Waals surface area contributed by atoms with E-state index in [9.17, 15) is 14.4 Å². The van der Waals surface area contributed by atoms with E-state index >= 15 is 0 Å². The van der Waals surface area contributed by atoms with Crippen molar-refractivity contribution >= 4 is 17.8 Å². The highest BCUT2D eigenvalue weighted by Crippen LogP contribution is 2.12. The largest absolute Gasteiger partial charge is 0.484 e. The van der Waals surface area contributed by atoms with Crippen molar-refractivity contribution in [3.63, 3.8) is 0 Å². The number of carboxylic acid groups (broad SMARTS) is 1. The highest BCUT2D eigenvalue weighted by Gasteiger charge is 2.19. The Labute approximate surface area is 121 Å². The molecule has 21 heavy (non-hydrogen) atoms. The van der Waals surface area contributed by atoms with Gasteiger partial charge < -0.3 is 20.9 Å². The molecule has 1 atom stereocenters. The second kappa shape index (κ2) is 7.55. The van der Waals surface area contributed by atoms with E-state index < -0.39 is 23.8 Å². The summed E-state index contributed by atoms with van der Waals surface area (Å²) in [7, 11) is 0. The molecule has 0 heterocycles. The number of carbonyl (C=O) groups is 3. The molecular weight excluding hydrogens is 276 g/mol. The molecule has 0 aliphatic carbocycles. The van der Waals surface area contributed by atoms with Crippen molar-refractivity contribution in [2.45, 2.75) is 12.5 Å². The van der Waals surface area contributed by atoms with E-state index in [4.69, 9.17) is 22.0 Å². The predicted molar refractivity (Wildman–Crippen MR) is 73.5 cm³/mol. The highest BCUT2D eigenvalue weighted by atomic mass is 16.5. The number of aliphatic carboxylic acids is 1. The molecule has 1 rings (SSSR count). The number of terminal acetylenes is 1. The Morgan fingerprint density at radius 2 is 1.95 bits per heavy atom. The molecule has 2 amide bonds. The molecule has 1 unspecified atom stereocenters. The molecule has 1 aromatic rings. The van der Waals surface area contributed by atoms with E-state index in [1.165, 1.54) is 24.3 Å². The number of carboxylic acids is 1. The summed E-state index contributed by atoms with van der Waals surface area (Å²) in [5, 5.41) is 11.2. The predicted octanol–water partition coefficient (Wildman–Crippen LogP) is -0.243. The second-order valence-electron chi connectivity index (χ2n) is 4.05. The van der Waals surface area contributed by atoms with Crippen molar-refractivity contribution in [3.8, 4) is 18.1 Å². The van der Waals surface area contributed by atoms with E-state index in [1.54, 1.807) is 0 Å². The first-order chi connectivity index (χ1) is 9.93. The van der Waals surface area contributed by atoms with Crippen LogP contribution in [0.15, 0.2) is 24.3 Å². The number of amides is 2. The van der Waals surface area contributed by atoms with Crippen LogP contribution in [-0.2, 0) is 9.59 Å². The zero-order valence-electron chi connectivity index (χ0n) is 11.0. The Morgan fingerprint density at radius 3 is 2.43 bits per heavy atom. The van der Waals surface area contributed by atoms with Crippen LogP contribution in [0.5, 0.6) is 5.75 Å². The van der Waals surface area contributed by atoms with Gasteiger partial charge in [-0.3, -0.25) is 9.59 Å². The molecule has 7 nitrogen and oxygen atoms in total. The van der Waals surface area contributed by atoms with Crippen LogP contribution in [0.4, 0.5) is 0 Å². The maximum absolute atomic E-state index is 11.9. The Morgan fingerprint density at radius 1 is 1.33 bits per heavy atom.